The van der Waals surface area contributed by atoms with Crippen LogP contribution in [0.2, 0.25) is 0 Å². The van der Waals surface area contributed by atoms with Gasteiger partial charge >= 0.3 is 0 Å². The first-order chi connectivity index (χ1) is 2.93. The molecule has 0 radical (unpaired) electrons. The Morgan fingerprint density at radius 1 is 1.57 bits per heavy atom. The van der Waals surface area contributed by atoms with Crippen molar-refractivity contribution in [3.63, 3.8) is 0 Å². The summed E-state index contributed by atoms with van der Waals surface area (Å²) in [5.74, 6) is 0.894. The summed E-state index contributed by atoms with van der Waals surface area (Å²) in [6.07, 6.45) is 1.29. The quantitative estimate of drug-likeness (QED) is 0.425. The Morgan fingerprint density at radius 2 is 2.14 bits per heavy atom. The van der Waals surface area contributed by atoms with Crippen LogP contribution >= 0.6 is 0 Å². The minimum absolute atomic E-state index is 0. The summed E-state index contributed by atoms with van der Waals surface area (Å²) in [4.78, 5) is 0. The van der Waals surface area contributed by atoms with Gasteiger partial charge in [-0.2, -0.15) is 0 Å². The predicted molar refractivity (Wildman–Crippen MR) is 35.9 cm³/mol. The van der Waals surface area contributed by atoms with Gasteiger partial charge < -0.3 is 4.74 Å². The van der Waals surface area contributed by atoms with Gasteiger partial charge in [0.1, 0.15) is 0 Å². The number of rotatable bonds is 1. The molecule has 0 unspecified atom stereocenters. The standard InChI is InChI=1S/C5H10O.H4Si/c1-2-5-3-6-4-5;/h5H,2-4H2,1H3;1H4. The topological polar surface area (TPSA) is 9.23 Å². The Kier molecular flexibility index (Phi) is 3.30. The average molecular weight is 118 g/mol. The first-order valence-corrected chi connectivity index (χ1v) is 2.51. The van der Waals surface area contributed by atoms with Gasteiger partial charge in [0.25, 0.3) is 0 Å². The third-order valence-electron chi connectivity index (χ3n) is 1.28. The maximum absolute atomic E-state index is 4.93. The Morgan fingerprint density at radius 3 is 2.14 bits per heavy atom. The Hall–Kier alpha value is 0.177. The fourth-order valence-corrected chi connectivity index (χ4v) is 0.520. The summed E-state index contributed by atoms with van der Waals surface area (Å²) in [7, 11) is 0. The van der Waals surface area contributed by atoms with Gasteiger partial charge in [0.15, 0.2) is 0 Å². The van der Waals surface area contributed by atoms with Gasteiger partial charge in [-0.3, -0.25) is 0 Å². The molecule has 0 bridgehead atoms. The summed E-state index contributed by atoms with van der Waals surface area (Å²) < 4.78 is 4.93. The van der Waals surface area contributed by atoms with Crippen LogP contribution in [0.1, 0.15) is 13.3 Å². The molecular formula is C5H14OSi. The van der Waals surface area contributed by atoms with E-state index < -0.39 is 0 Å². The fraction of sp³-hybridized carbons (Fsp3) is 1.00. The summed E-state index contributed by atoms with van der Waals surface area (Å²) >= 11 is 0. The van der Waals surface area contributed by atoms with Crippen LogP contribution in [0.3, 0.4) is 0 Å². The van der Waals surface area contributed by atoms with Crippen LogP contribution in [0.25, 0.3) is 0 Å². The molecule has 1 aliphatic rings. The van der Waals surface area contributed by atoms with Gasteiger partial charge in [0, 0.05) is 5.92 Å². The second kappa shape index (κ2) is 3.21. The van der Waals surface area contributed by atoms with Crippen LogP contribution < -0.4 is 0 Å². The highest BCUT2D eigenvalue weighted by Crippen LogP contribution is 2.12. The second-order valence-electron chi connectivity index (χ2n) is 1.81. The van der Waals surface area contributed by atoms with Crippen molar-refractivity contribution in [2.24, 2.45) is 5.92 Å². The van der Waals surface area contributed by atoms with Crippen LogP contribution in [0.15, 0.2) is 0 Å². The zero-order valence-electron chi connectivity index (χ0n) is 4.11. The highest BCUT2D eigenvalue weighted by atomic mass is 28.1. The molecular weight excluding hydrogens is 104 g/mol. The molecule has 0 aliphatic carbocycles. The van der Waals surface area contributed by atoms with Gasteiger partial charge in [-0.05, 0) is 17.4 Å². The summed E-state index contributed by atoms with van der Waals surface area (Å²) in [6.45, 7) is 4.22. The van der Waals surface area contributed by atoms with Crippen LogP contribution in [-0.4, -0.2) is 24.2 Å². The molecule has 1 rings (SSSR count). The van der Waals surface area contributed by atoms with Crippen molar-refractivity contribution in [1.82, 2.24) is 0 Å². The van der Waals surface area contributed by atoms with E-state index in [9.17, 15) is 0 Å². The van der Waals surface area contributed by atoms with Gasteiger partial charge in [0.05, 0.1) is 13.2 Å². The summed E-state index contributed by atoms with van der Waals surface area (Å²) in [5.41, 5.74) is 0. The molecule has 0 amide bonds. The SMILES string of the molecule is CCC1COC1.[SiH4]. The highest BCUT2D eigenvalue weighted by Gasteiger charge is 2.14. The molecule has 1 heterocycles. The molecule has 0 atom stereocenters. The molecule has 0 saturated carbocycles. The molecule has 0 aromatic heterocycles. The maximum atomic E-state index is 4.93. The highest BCUT2D eigenvalue weighted by molar-refractivity contribution is 5.75. The molecule has 44 valence electrons. The van der Waals surface area contributed by atoms with Gasteiger partial charge in [-0.25, -0.2) is 0 Å². The van der Waals surface area contributed by atoms with Crippen molar-refractivity contribution < 1.29 is 4.74 Å². The summed E-state index contributed by atoms with van der Waals surface area (Å²) in [6, 6.07) is 0. The fourth-order valence-electron chi connectivity index (χ4n) is 0.520. The minimum Gasteiger partial charge on any atom is -0.381 e. The van der Waals surface area contributed by atoms with Gasteiger partial charge in [0.2, 0.25) is 0 Å². The normalized spacial score (nSPS) is 20.1. The smallest absolute Gasteiger partial charge is 0.0516 e. The molecule has 1 nitrogen and oxygen atoms in total. The lowest BCUT2D eigenvalue weighted by molar-refractivity contribution is -0.0331. The van der Waals surface area contributed by atoms with E-state index in [0.29, 0.717) is 0 Å². The van der Waals surface area contributed by atoms with Crippen molar-refractivity contribution in [3.8, 4) is 0 Å². The first-order valence-electron chi connectivity index (χ1n) is 2.51. The van der Waals surface area contributed by atoms with Crippen molar-refractivity contribution in [1.29, 1.82) is 0 Å². The van der Waals surface area contributed by atoms with E-state index in [4.69, 9.17) is 4.74 Å². The Labute approximate surface area is 49.1 Å². The van der Waals surface area contributed by atoms with Crippen molar-refractivity contribution >= 4 is 11.0 Å². The molecule has 0 spiro atoms. The van der Waals surface area contributed by atoms with Crippen molar-refractivity contribution in [2.75, 3.05) is 13.2 Å². The van der Waals surface area contributed by atoms with Crippen molar-refractivity contribution in [3.05, 3.63) is 0 Å². The minimum atomic E-state index is 0. The molecule has 0 N–H and O–H groups in total. The third-order valence-corrected chi connectivity index (χ3v) is 1.28. The average Bonchev–Trinajstić information content (AvgIpc) is 1.31. The van der Waals surface area contributed by atoms with Crippen LogP contribution in [0, 0.1) is 5.92 Å². The largest absolute Gasteiger partial charge is 0.381 e. The zero-order valence-corrected chi connectivity index (χ0v) is 4.11. The lowest BCUT2D eigenvalue weighted by Crippen LogP contribution is -2.26. The molecule has 0 aromatic carbocycles. The van der Waals surface area contributed by atoms with E-state index in [1.807, 2.05) is 0 Å². The van der Waals surface area contributed by atoms with Crippen LogP contribution in [-0.2, 0) is 4.74 Å². The number of hydrogen-bond acceptors (Lipinski definition) is 1. The van der Waals surface area contributed by atoms with Gasteiger partial charge in [-0.1, -0.05) is 6.92 Å². The zero-order chi connectivity index (χ0) is 4.41. The Balaban J connectivity index is 0.000000360. The second-order valence-corrected chi connectivity index (χ2v) is 1.81. The van der Waals surface area contributed by atoms with Crippen LogP contribution in [0.4, 0.5) is 0 Å². The van der Waals surface area contributed by atoms with Crippen molar-refractivity contribution in [2.45, 2.75) is 13.3 Å². The van der Waals surface area contributed by atoms with E-state index in [-0.39, 0.29) is 11.0 Å². The van der Waals surface area contributed by atoms with Gasteiger partial charge in [-0.15, -0.1) is 0 Å². The van der Waals surface area contributed by atoms with E-state index in [1.54, 1.807) is 0 Å². The van der Waals surface area contributed by atoms with E-state index in [2.05, 4.69) is 6.92 Å². The molecule has 1 aliphatic heterocycles. The van der Waals surface area contributed by atoms with E-state index in [1.165, 1.54) is 6.42 Å². The lowest BCUT2D eigenvalue weighted by Gasteiger charge is -2.23. The monoisotopic (exact) mass is 118 g/mol. The summed E-state index contributed by atoms with van der Waals surface area (Å²) in [5, 5.41) is 0. The molecule has 2 heteroatoms. The molecule has 0 aromatic rings. The number of hydrogen-bond donors (Lipinski definition) is 0. The molecule has 7 heavy (non-hydrogen) atoms. The third kappa shape index (κ3) is 1.61. The Bertz CT molecular complexity index is 40.6. The number of ether oxygens (including phenoxy) is 1. The lowest BCUT2D eigenvalue weighted by atomic mass is 10.1. The molecule has 1 fully saturated rings. The molecule has 1 saturated heterocycles. The van der Waals surface area contributed by atoms with Crippen LogP contribution in [0.5, 0.6) is 0 Å². The van der Waals surface area contributed by atoms with E-state index >= 15 is 0 Å². The van der Waals surface area contributed by atoms with E-state index in [0.717, 1.165) is 19.1 Å². The first kappa shape index (κ1) is 7.18. The maximum Gasteiger partial charge on any atom is 0.0516 e. The predicted octanol–water partition coefficient (Wildman–Crippen LogP) is -0.409.